The number of hydrogen-bond acceptors (Lipinski definition) is 3. The summed E-state index contributed by atoms with van der Waals surface area (Å²) >= 11 is 11.6. The first-order chi connectivity index (χ1) is 8.49. The zero-order valence-corrected chi connectivity index (χ0v) is 11.9. The number of piperidine rings is 1. The van der Waals surface area contributed by atoms with Crippen LogP contribution in [0.5, 0.6) is 0 Å². The quantitative estimate of drug-likeness (QED) is 0.902. The molecule has 1 aromatic carbocycles. The standard InChI is InChI=1S/C11H14Cl2N2O2S/c12-10-2-1-8(7-11(10)13)15-18(16,17)9-3-5-14-6-4-9/h1-2,7,9,14-15H,3-6H2. The summed E-state index contributed by atoms with van der Waals surface area (Å²) in [5, 5.41) is 3.52. The van der Waals surface area contributed by atoms with E-state index in [0.717, 1.165) is 13.1 Å². The average Bonchev–Trinajstić information content (AvgIpc) is 2.35. The molecule has 0 unspecified atom stereocenters. The predicted molar refractivity (Wildman–Crippen MR) is 74.9 cm³/mol. The van der Waals surface area contributed by atoms with Crippen molar-refractivity contribution in [3.05, 3.63) is 28.2 Å². The highest BCUT2D eigenvalue weighted by Crippen LogP contribution is 2.26. The van der Waals surface area contributed by atoms with E-state index < -0.39 is 10.0 Å². The molecule has 1 saturated heterocycles. The molecule has 1 aromatic rings. The molecule has 18 heavy (non-hydrogen) atoms. The molecule has 7 heteroatoms. The zero-order valence-electron chi connectivity index (χ0n) is 9.62. The normalized spacial score (nSPS) is 17.7. The van der Waals surface area contributed by atoms with E-state index in [2.05, 4.69) is 10.0 Å². The minimum atomic E-state index is -3.36. The van der Waals surface area contributed by atoms with Gasteiger partial charge in [-0.15, -0.1) is 0 Å². The van der Waals surface area contributed by atoms with Gasteiger partial charge in [0.2, 0.25) is 10.0 Å². The van der Waals surface area contributed by atoms with Crippen molar-refractivity contribution in [2.45, 2.75) is 18.1 Å². The molecule has 1 heterocycles. The summed E-state index contributed by atoms with van der Waals surface area (Å²) in [5.41, 5.74) is 0.447. The van der Waals surface area contributed by atoms with Crippen LogP contribution in [0, 0.1) is 0 Å². The molecule has 0 atom stereocenters. The van der Waals surface area contributed by atoms with E-state index in [0.29, 0.717) is 28.6 Å². The molecule has 4 nitrogen and oxygen atoms in total. The van der Waals surface area contributed by atoms with Crippen molar-refractivity contribution in [3.8, 4) is 0 Å². The second kappa shape index (κ2) is 5.65. The van der Waals surface area contributed by atoms with Crippen LogP contribution in [0.15, 0.2) is 18.2 Å². The van der Waals surface area contributed by atoms with E-state index in [9.17, 15) is 8.42 Å². The minimum absolute atomic E-state index is 0.335. The molecule has 0 spiro atoms. The summed E-state index contributed by atoms with van der Waals surface area (Å²) in [6.45, 7) is 1.46. The monoisotopic (exact) mass is 308 g/mol. The fourth-order valence-corrected chi connectivity index (χ4v) is 3.69. The van der Waals surface area contributed by atoms with Gasteiger partial charge in [0, 0.05) is 0 Å². The molecule has 0 bridgehead atoms. The third-order valence-electron chi connectivity index (χ3n) is 2.90. The van der Waals surface area contributed by atoms with Crippen molar-refractivity contribution in [2.75, 3.05) is 17.8 Å². The van der Waals surface area contributed by atoms with Crippen molar-refractivity contribution in [3.63, 3.8) is 0 Å². The van der Waals surface area contributed by atoms with Crippen LogP contribution in [-0.4, -0.2) is 26.8 Å². The molecule has 100 valence electrons. The maximum atomic E-state index is 12.1. The lowest BCUT2D eigenvalue weighted by atomic mass is 10.2. The Hall–Kier alpha value is -0.490. The van der Waals surface area contributed by atoms with Gasteiger partial charge < -0.3 is 5.32 Å². The fraction of sp³-hybridized carbons (Fsp3) is 0.455. The van der Waals surface area contributed by atoms with Gasteiger partial charge in [0.1, 0.15) is 0 Å². The summed E-state index contributed by atoms with van der Waals surface area (Å²) in [4.78, 5) is 0. The molecule has 0 saturated carbocycles. The van der Waals surface area contributed by atoms with Gasteiger partial charge in [-0.2, -0.15) is 0 Å². The molecule has 1 aliphatic rings. The zero-order chi connectivity index (χ0) is 13.2. The smallest absolute Gasteiger partial charge is 0.235 e. The van der Waals surface area contributed by atoms with E-state index in [1.54, 1.807) is 12.1 Å². The number of sulfonamides is 1. The summed E-state index contributed by atoms with van der Waals surface area (Å²) in [6, 6.07) is 4.69. The van der Waals surface area contributed by atoms with Crippen molar-refractivity contribution in [1.29, 1.82) is 0 Å². The topological polar surface area (TPSA) is 58.2 Å². The van der Waals surface area contributed by atoms with Crippen molar-refractivity contribution < 1.29 is 8.42 Å². The first-order valence-corrected chi connectivity index (χ1v) is 7.97. The van der Waals surface area contributed by atoms with Gasteiger partial charge in [0.05, 0.1) is 21.0 Å². The third-order valence-corrected chi connectivity index (χ3v) is 5.51. The van der Waals surface area contributed by atoms with Gasteiger partial charge >= 0.3 is 0 Å². The van der Waals surface area contributed by atoms with Crippen molar-refractivity contribution in [1.82, 2.24) is 5.32 Å². The molecular weight excluding hydrogens is 295 g/mol. The van der Waals surface area contributed by atoms with Gasteiger partial charge in [0.25, 0.3) is 0 Å². The van der Waals surface area contributed by atoms with Gasteiger partial charge in [-0.1, -0.05) is 23.2 Å². The van der Waals surface area contributed by atoms with Gasteiger partial charge in [-0.3, -0.25) is 4.72 Å². The highest BCUT2D eigenvalue weighted by atomic mass is 35.5. The number of rotatable bonds is 3. The van der Waals surface area contributed by atoms with Gasteiger partial charge in [-0.05, 0) is 44.1 Å². The molecule has 2 rings (SSSR count). The van der Waals surface area contributed by atoms with E-state index in [1.807, 2.05) is 0 Å². The SMILES string of the molecule is O=S(=O)(Nc1ccc(Cl)c(Cl)c1)C1CCNCC1. The number of anilines is 1. The molecular formula is C11H14Cl2N2O2S. The Balaban J connectivity index is 2.13. The van der Waals surface area contributed by atoms with E-state index in [1.165, 1.54) is 6.07 Å². The Kier molecular flexibility index (Phi) is 4.37. The number of hydrogen-bond donors (Lipinski definition) is 2. The van der Waals surface area contributed by atoms with Crippen LogP contribution < -0.4 is 10.0 Å². The highest BCUT2D eigenvalue weighted by Gasteiger charge is 2.27. The Bertz CT molecular complexity index is 528. The Morgan fingerprint density at radius 2 is 1.83 bits per heavy atom. The van der Waals surface area contributed by atoms with Gasteiger partial charge in [-0.25, -0.2) is 8.42 Å². The van der Waals surface area contributed by atoms with Crippen LogP contribution in [0.4, 0.5) is 5.69 Å². The maximum Gasteiger partial charge on any atom is 0.235 e. The molecule has 0 amide bonds. The Labute approximate surface area is 117 Å². The van der Waals surface area contributed by atoms with Crippen molar-refractivity contribution >= 4 is 38.9 Å². The lowest BCUT2D eigenvalue weighted by molar-refractivity contribution is 0.499. The number of benzene rings is 1. The highest BCUT2D eigenvalue weighted by molar-refractivity contribution is 7.93. The summed E-state index contributed by atoms with van der Waals surface area (Å²) in [6.07, 6.45) is 1.24. The minimum Gasteiger partial charge on any atom is -0.317 e. The summed E-state index contributed by atoms with van der Waals surface area (Å²) in [5.74, 6) is 0. The lowest BCUT2D eigenvalue weighted by Crippen LogP contribution is -2.38. The second-order valence-electron chi connectivity index (χ2n) is 4.23. The maximum absolute atomic E-state index is 12.1. The van der Waals surface area contributed by atoms with E-state index in [4.69, 9.17) is 23.2 Å². The molecule has 1 fully saturated rings. The van der Waals surface area contributed by atoms with E-state index >= 15 is 0 Å². The van der Waals surface area contributed by atoms with Crippen LogP contribution in [0.2, 0.25) is 10.0 Å². The van der Waals surface area contributed by atoms with Crippen LogP contribution in [0.1, 0.15) is 12.8 Å². The third kappa shape index (κ3) is 3.29. The fourth-order valence-electron chi connectivity index (χ4n) is 1.91. The molecule has 0 radical (unpaired) electrons. The summed E-state index contributed by atoms with van der Waals surface area (Å²) in [7, 11) is -3.36. The predicted octanol–water partition coefficient (Wildman–Crippen LogP) is 2.49. The lowest BCUT2D eigenvalue weighted by Gasteiger charge is -2.23. The van der Waals surface area contributed by atoms with Gasteiger partial charge in [0.15, 0.2) is 0 Å². The molecule has 1 aliphatic heterocycles. The second-order valence-corrected chi connectivity index (χ2v) is 7.00. The first kappa shape index (κ1) is 13.9. The van der Waals surface area contributed by atoms with Crippen LogP contribution in [0.3, 0.4) is 0 Å². The van der Waals surface area contributed by atoms with Crippen LogP contribution >= 0.6 is 23.2 Å². The van der Waals surface area contributed by atoms with Crippen molar-refractivity contribution in [2.24, 2.45) is 0 Å². The van der Waals surface area contributed by atoms with Crippen LogP contribution in [-0.2, 0) is 10.0 Å². The average molecular weight is 309 g/mol. The molecule has 0 aliphatic carbocycles. The summed E-state index contributed by atoms with van der Waals surface area (Å²) < 4.78 is 26.8. The largest absolute Gasteiger partial charge is 0.317 e. The number of halogens is 2. The Morgan fingerprint density at radius 3 is 2.44 bits per heavy atom. The molecule has 0 aromatic heterocycles. The number of nitrogens with one attached hydrogen (secondary N) is 2. The molecule has 2 N–H and O–H groups in total. The first-order valence-electron chi connectivity index (χ1n) is 5.66. The van der Waals surface area contributed by atoms with Crippen LogP contribution in [0.25, 0.3) is 0 Å². The Morgan fingerprint density at radius 1 is 1.17 bits per heavy atom. The van der Waals surface area contributed by atoms with E-state index in [-0.39, 0.29) is 5.25 Å².